The van der Waals surface area contributed by atoms with Gasteiger partial charge in [0, 0.05) is 30.2 Å². The number of hydrogen-bond donors (Lipinski definition) is 2. The Bertz CT molecular complexity index is 646. The number of carbonyl (C=O) groups is 1. The quantitative estimate of drug-likeness (QED) is 0.798. The lowest BCUT2D eigenvalue weighted by atomic mass is 10.2. The normalized spacial score (nSPS) is 11.7. The highest BCUT2D eigenvalue weighted by atomic mass is 16.2. The first-order valence-corrected chi connectivity index (χ1v) is 8.52. The molecule has 0 unspecified atom stereocenters. The molecule has 0 radical (unpaired) electrons. The van der Waals surface area contributed by atoms with E-state index in [-0.39, 0.29) is 11.9 Å². The summed E-state index contributed by atoms with van der Waals surface area (Å²) in [7, 11) is 0. The van der Waals surface area contributed by atoms with Crippen LogP contribution in [0, 0.1) is 6.92 Å². The fraction of sp³-hybridized carbons (Fsp3) is 0.350. The number of anilines is 3. The van der Waals surface area contributed by atoms with Crippen molar-refractivity contribution in [2.75, 3.05) is 28.6 Å². The van der Waals surface area contributed by atoms with Crippen LogP contribution in [0.2, 0.25) is 0 Å². The number of benzene rings is 2. The molecule has 2 aromatic carbocycles. The summed E-state index contributed by atoms with van der Waals surface area (Å²) in [6.07, 6.45) is 0. The van der Waals surface area contributed by atoms with Crippen molar-refractivity contribution in [1.29, 1.82) is 0 Å². The third-order valence-electron chi connectivity index (χ3n) is 4.09. The molecule has 24 heavy (non-hydrogen) atoms. The molecule has 0 saturated carbocycles. The molecule has 0 aliphatic carbocycles. The van der Waals surface area contributed by atoms with E-state index in [4.69, 9.17) is 0 Å². The second kappa shape index (κ2) is 8.39. The van der Waals surface area contributed by atoms with Crippen molar-refractivity contribution in [3.8, 4) is 0 Å². The molecule has 0 aliphatic rings. The van der Waals surface area contributed by atoms with Gasteiger partial charge in [-0.2, -0.15) is 0 Å². The van der Waals surface area contributed by atoms with Gasteiger partial charge in [0.2, 0.25) is 5.91 Å². The summed E-state index contributed by atoms with van der Waals surface area (Å²) >= 11 is 0. The minimum absolute atomic E-state index is 0.0494. The Labute approximate surface area is 144 Å². The molecular formula is C20H27N3O. The van der Waals surface area contributed by atoms with E-state index in [0.29, 0.717) is 0 Å². The number of rotatable bonds is 7. The van der Waals surface area contributed by atoms with Crippen molar-refractivity contribution in [3.05, 3.63) is 54.1 Å². The van der Waals surface area contributed by atoms with Gasteiger partial charge in [0.25, 0.3) is 0 Å². The van der Waals surface area contributed by atoms with Crippen molar-refractivity contribution in [2.24, 2.45) is 0 Å². The standard InChI is InChI=1S/C20H27N3O/c1-5-23(6-2)19-13-11-17(12-14-19)21-16(4)20(24)22-18-9-7-15(3)8-10-18/h7-14,16,21H,5-6H2,1-4H3,(H,22,24)/t16-/m1/s1. The van der Waals surface area contributed by atoms with Gasteiger partial charge < -0.3 is 15.5 Å². The van der Waals surface area contributed by atoms with Crippen LogP contribution >= 0.6 is 0 Å². The molecular weight excluding hydrogens is 298 g/mol. The summed E-state index contributed by atoms with van der Waals surface area (Å²) in [5.41, 5.74) is 4.13. The molecule has 2 rings (SSSR count). The Morgan fingerprint density at radius 2 is 1.50 bits per heavy atom. The second-order valence-corrected chi connectivity index (χ2v) is 5.94. The third kappa shape index (κ3) is 4.75. The summed E-state index contributed by atoms with van der Waals surface area (Å²) in [5.74, 6) is -0.0494. The van der Waals surface area contributed by atoms with Gasteiger partial charge in [-0.15, -0.1) is 0 Å². The molecule has 0 aromatic heterocycles. The van der Waals surface area contributed by atoms with Gasteiger partial charge in [-0.3, -0.25) is 4.79 Å². The van der Waals surface area contributed by atoms with E-state index in [2.05, 4.69) is 41.5 Å². The van der Waals surface area contributed by atoms with Gasteiger partial charge in [-0.25, -0.2) is 0 Å². The zero-order chi connectivity index (χ0) is 17.5. The Morgan fingerprint density at radius 3 is 2.04 bits per heavy atom. The van der Waals surface area contributed by atoms with Gasteiger partial charge in [0.15, 0.2) is 0 Å². The molecule has 0 aliphatic heterocycles. The van der Waals surface area contributed by atoms with E-state index in [0.717, 1.165) is 24.5 Å². The molecule has 0 fully saturated rings. The predicted octanol–water partition coefficient (Wildman–Crippen LogP) is 4.28. The van der Waals surface area contributed by atoms with Crippen molar-refractivity contribution in [1.82, 2.24) is 0 Å². The lowest BCUT2D eigenvalue weighted by molar-refractivity contribution is -0.116. The maximum Gasteiger partial charge on any atom is 0.246 e. The van der Waals surface area contributed by atoms with Crippen LogP contribution in [0.3, 0.4) is 0 Å². The highest BCUT2D eigenvalue weighted by Crippen LogP contribution is 2.18. The topological polar surface area (TPSA) is 44.4 Å². The summed E-state index contributed by atoms with van der Waals surface area (Å²) in [4.78, 5) is 14.6. The monoisotopic (exact) mass is 325 g/mol. The highest BCUT2D eigenvalue weighted by molar-refractivity contribution is 5.96. The van der Waals surface area contributed by atoms with E-state index < -0.39 is 0 Å². The van der Waals surface area contributed by atoms with E-state index >= 15 is 0 Å². The number of carbonyl (C=O) groups excluding carboxylic acids is 1. The first kappa shape index (κ1) is 17.9. The van der Waals surface area contributed by atoms with E-state index in [1.807, 2.05) is 50.2 Å². The van der Waals surface area contributed by atoms with E-state index in [1.165, 1.54) is 11.3 Å². The highest BCUT2D eigenvalue weighted by Gasteiger charge is 2.13. The van der Waals surface area contributed by atoms with E-state index in [1.54, 1.807) is 0 Å². The van der Waals surface area contributed by atoms with Crippen LogP contribution in [-0.4, -0.2) is 25.0 Å². The Morgan fingerprint density at radius 1 is 0.958 bits per heavy atom. The number of aryl methyl sites for hydroxylation is 1. The average Bonchev–Trinajstić information content (AvgIpc) is 2.59. The van der Waals surface area contributed by atoms with Crippen molar-refractivity contribution in [2.45, 2.75) is 33.7 Å². The SMILES string of the molecule is CCN(CC)c1ccc(N[C@H](C)C(=O)Nc2ccc(C)cc2)cc1. The molecule has 4 heteroatoms. The molecule has 0 spiro atoms. The van der Waals surface area contributed by atoms with Gasteiger partial charge in [-0.1, -0.05) is 17.7 Å². The Hall–Kier alpha value is -2.49. The van der Waals surface area contributed by atoms with Gasteiger partial charge in [0.1, 0.15) is 6.04 Å². The number of nitrogens with zero attached hydrogens (tertiary/aromatic N) is 1. The smallest absolute Gasteiger partial charge is 0.246 e. The van der Waals surface area contributed by atoms with Crippen LogP contribution in [0.15, 0.2) is 48.5 Å². The Balaban J connectivity index is 1.94. The van der Waals surface area contributed by atoms with E-state index in [9.17, 15) is 4.79 Å². The summed E-state index contributed by atoms with van der Waals surface area (Å²) < 4.78 is 0. The van der Waals surface area contributed by atoms with Gasteiger partial charge in [-0.05, 0) is 64.1 Å². The molecule has 2 aromatic rings. The molecule has 0 saturated heterocycles. The lowest BCUT2D eigenvalue weighted by Crippen LogP contribution is -2.31. The summed E-state index contributed by atoms with van der Waals surface area (Å²) in [6.45, 7) is 10.1. The van der Waals surface area contributed by atoms with Crippen molar-refractivity contribution in [3.63, 3.8) is 0 Å². The molecule has 128 valence electrons. The lowest BCUT2D eigenvalue weighted by Gasteiger charge is -2.22. The molecule has 0 heterocycles. The van der Waals surface area contributed by atoms with Crippen LogP contribution in [-0.2, 0) is 4.79 Å². The number of nitrogens with one attached hydrogen (secondary N) is 2. The fourth-order valence-corrected chi connectivity index (χ4v) is 2.56. The van der Waals surface area contributed by atoms with Crippen molar-refractivity contribution >= 4 is 23.0 Å². The minimum atomic E-state index is -0.314. The predicted molar refractivity (Wildman–Crippen MR) is 103 cm³/mol. The molecule has 0 bridgehead atoms. The van der Waals surface area contributed by atoms with Crippen molar-refractivity contribution < 1.29 is 4.79 Å². The summed E-state index contributed by atoms with van der Waals surface area (Å²) in [6, 6.07) is 15.7. The molecule has 4 nitrogen and oxygen atoms in total. The third-order valence-corrected chi connectivity index (χ3v) is 4.09. The van der Waals surface area contributed by atoms with Gasteiger partial charge >= 0.3 is 0 Å². The second-order valence-electron chi connectivity index (χ2n) is 5.94. The fourth-order valence-electron chi connectivity index (χ4n) is 2.56. The van der Waals surface area contributed by atoms with Crippen LogP contribution in [0.25, 0.3) is 0 Å². The zero-order valence-corrected chi connectivity index (χ0v) is 15.0. The van der Waals surface area contributed by atoms with Crippen LogP contribution in [0.4, 0.5) is 17.1 Å². The zero-order valence-electron chi connectivity index (χ0n) is 15.0. The Kier molecular flexibility index (Phi) is 6.24. The molecule has 2 N–H and O–H groups in total. The summed E-state index contributed by atoms with van der Waals surface area (Å²) in [5, 5.41) is 6.17. The van der Waals surface area contributed by atoms with Crippen LogP contribution < -0.4 is 15.5 Å². The molecule has 1 amide bonds. The average molecular weight is 325 g/mol. The van der Waals surface area contributed by atoms with Crippen LogP contribution in [0.5, 0.6) is 0 Å². The first-order chi connectivity index (χ1) is 11.5. The largest absolute Gasteiger partial charge is 0.374 e. The van der Waals surface area contributed by atoms with Gasteiger partial charge in [0.05, 0.1) is 0 Å². The molecule has 1 atom stereocenters. The van der Waals surface area contributed by atoms with Crippen LogP contribution in [0.1, 0.15) is 26.3 Å². The number of hydrogen-bond acceptors (Lipinski definition) is 3. The first-order valence-electron chi connectivity index (χ1n) is 8.52. The number of amides is 1. The maximum atomic E-state index is 12.3. The minimum Gasteiger partial charge on any atom is -0.374 e. The maximum absolute atomic E-state index is 12.3.